The maximum atomic E-state index is 12.9. The molecule has 1 aromatic carbocycles. The van der Waals surface area contributed by atoms with Crippen LogP contribution < -0.4 is 15.5 Å². The Balaban J connectivity index is 0.000000901. The van der Waals surface area contributed by atoms with Crippen molar-refractivity contribution in [3.05, 3.63) is 59.2 Å². The summed E-state index contributed by atoms with van der Waals surface area (Å²) in [4.78, 5) is 39.9. The molecular formula is C38H61N6O4+. The lowest BCUT2D eigenvalue weighted by atomic mass is 9.85. The van der Waals surface area contributed by atoms with Crippen molar-refractivity contribution in [3.63, 3.8) is 0 Å². The smallest absolute Gasteiger partial charge is 0.251 e. The van der Waals surface area contributed by atoms with Gasteiger partial charge in [0.1, 0.15) is 5.82 Å². The van der Waals surface area contributed by atoms with E-state index in [1.54, 1.807) is 32.4 Å². The Morgan fingerprint density at radius 3 is 2.40 bits per heavy atom. The number of amides is 1. The lowest BCUT2D eigenvalue weighted by molar-refractivity contribution is -0.866. The number of aliphatic hydroxyl groups excluding tert-OH is 1. The number of nitrogens with one attached hydrogen (secondary N) is 3. The molecule has 1 saturated carbocycles. The Bertz CT molecular complexity index is 1320. The van der Waals surface area contributed by atoms with Crippen molar-refractivity contribution in [2.24, 2.45) is 16.8 Å². The molecule has 10 nitrogen and oxygen atoms in total. The summed E-state index contributed by atoms with van der Waals surface area (Å²) in [6.45, 7) is 15.8. The number of benzene rings is 1. The Hall–Kier alpha value is -3.31. The van der Waals surface area contributed by atoms with Crippen molar-refractivity contribution < 1.29 is 24.3 Å². The minimum absolute atomic E-state index is 0.0692. The summed E-state index contributed by atoms with van der Waals surface area (Å²) in [5.41, 5.74) is 4.00. The van der Waals surface area contributed by atoms with Gasteiger partial charge < -0.3 is 20.5 Å². The van der Waals surface area contributed by atoms with Gasteiger partial charge in [0.2, 0.25) is 5.82 Å². The first kappa shape index (κ1) is 40.9. The number of fused-ring (bicyclic) bond motifs is 1. The highest BCUT2D eigenvalue weighted by atomic mass is 16.5. The molecule has 2 heterocycles. The van der Waals surface area contributed by atoms with Crippen LogP contribution in [0.15, 0.2) is 41.5 Å². The molecule has 1 aliphatic carbocycles. The lowest BCUT2D eigenvalue weighted by Crippen LogP contribution is -3.13. The van der Waals surface area contributed by atoms with E-state index in [2.05, 4.69) is 34.5 Å². The average molecular weight is 666 g/mol. The molecule has 0 spiro atoms. The number of likely N-dealkylation sites (N-methyl/N-ethyl adjacent to an activating group) is 1. The van der Waals surface area contributed by atoms with Crippen LogP contribution in [0.3, 0.4) is 0 Å². The molecule has 266 valence electrons. The molecule has 1 saturated heterocycles. The molecule has 0 bridgehead atoms. The van der Waals surface area contributed by atoms with Crippen molar-refractivity contribution in [1.29, 1.82) is 0 Å². The van der Waals surface area contributed by atoms with Gasteiger partial charge in [0.15, 0.2) is 12.3 Å². The number of ether oxygens (including phenoxy) is 1. The molecule has 1 amide bonds. The van der Waals surface area contributed by atoms with Gasteiger partial charge in [-0.3, -0.25) is 19.5 Å². The number of quaternary nitrogens is 1. The maximum absolute atomic E-state index is 12.9. The van der Waals surface area contributed by atoms with Gasteiger partial charge in [0.25, 0.3) is 5.91 Å². The number of aliphatic imine (C=N–C) groups is 1. The number of carbonyl (C=O) groups is 2. The monoisotopic (exact) mass is 665 g/mol. The largest absolute Gasteiger partial charge is 0.387 e. The first-order valence-corrected chi connectivity index (χ1v) is 17.7. The summed E-state index contributed by atoms with van der Waals surface area (Å²) in [7, 11) is 3.59. The van der Waals surface area contributed by atoms with Gasteiger partial charge in [-0.25, -0.2) is 4.98 Å². The van der Waals surface area contributed by atoms with E-state index in [9.17, 15) is 14.7 Å². The Kier molecular flexibility index (Phi) is 18.4. The van der Waals surface area contributed by atoms with E-state index in [1.165, 1.54) is 24.2 Å². The van der Waals surface area contributed by atoms with E-state index in [0.29, 0.717) is 23.3 Å². The van der Waals surface area contributed by atoms with Gasteiger partial charge in [-0.1, -0.05) is 46.2 Å². The molecule has 2 fully saturated rings. The van der Waals surface area contributed by atoms with Crippen LogP contribution in [-0.2, 0) is 16.1 Å². The summed E-state index contributed by atoms with van der Waals surface area (Å²) in [5.74, 6) is 2.12. The molecule has 6 atom stereocenters. The fourth-order valence-corrected chi connectivity index (χ4v) is 6.47. The number of aromatic nitrogens is 2. The van der Waals surface area contributed by atoms with E-state index in [1.807, 2.05) is 52.9 Å². The summed E-state index contributed by atoms with van der Waals surface area (Å²) in [5, 5.41) is 16.0. The summed E-state index contributed by atoms with van der Waals surface area (Å²) < 4.78 is 4.72. The van der Waals surface area contributed by atoms with Crippen LogP contribution >= 0.6 is 0 Å². The van der Waals surface area contributed by atoms with E-state index >= 15 is 0 Å². The second-order valence-corrected chi connectivity index (χ2v) is 12.6. The van der Waals surface area contributed by atoms with Crippen LogP contribution in [0, 0.1) is 18.8 Å². The minimum atomic E-state index is -0.591. The van der Waals surface area contributed by atoms with Crippen LogP contribution in [-0.4, -0.2) is 78.5 Å². The zero-order valence-electron chi connectivity index (χ0n) is 30.8. The van der Waals surface area contributed by atoms with Gasteiger partial charge in [0, 0.05) is 56.0 Å². The zero-order valence-corrected chi connectivity index (χ0v) is 30.8. The Labute approximate surface area is 288 Å². The molecule has 4 rings (SSSR count). The number of allylic oxidation sites excluding steroid dienone is 1. The molecule has 0 radical (unpaired) electrons. The van der Waals surface area contributed by atoms with Gasteiger partial charge >= 0.3 is 0 Å². The number of aryl methyl sites for hydroxylation is 1. The van der Waals surface area contributed by atoms with E-state index < -0.39 is 6.10 Å². The average Bonchev–Trinajstić information content (AvgIpc) is 3.49. The summed E-state index contributed by atoms with van der Waals surface area (Å²) in [6, 6.07) is 9.74. The fraction of sp³-hybridized carbons (Fsp3) is 0.605. The first-order chi connectivity index (χ1) is 23.1. The van der Waals surface area contributed by atoms with E-state index in [4.69, 9.17) is 9.72 Å². The topological polar surface area (TPSA) is 130 Å². The van der Waals surface area contributed by atoms with Crippen LogP contribution in [0.4, 0.5) is 5.82 Å². The highest BCUT2D eigenvalue weighted by molar-refractivity contribution is 5.94. The lowest BCUT2D eigenvalue weighted by Gasteiger charge is -2.28. The van der Waals surface area contributed by atoms with Crippen molar-refractivity contribution in [2.45, 2.75) is 112 Å². The second-order valence-electron chi connectivity index (χ2n) is 12.6. The van der Waals surface area contributed by atoms with E-state index in [0.717, 1.165) is 67.1 Å². The molecule has 6 unspecified atom stereocenters. The Morgan fingerprint density at radius 1 is 1.15 bits per heavy atom. The third-order valence-electron chi connectivity index (χ3n) is 9.16. The minimum Gasteiger partial charge on any atom is -0.387 e. The third kappa shape index (κ3) is 12.0. The third-order valence-corrected chi connectivity index (χ3v) is 9.16. The highest BCUT2D eigenvalue weighted by Crippen LogP contribution is 2.31. The number of hydrogen-bond donors (Lipinski definition) is 4. The maximum Gasteiger partial charge on any atom is 0.251 e. The van der Waals surface area contributed by atoms with Crippen molar-refractivity contribution in [2.75, 3.05) is 27.3 Å². The quantitative estimate of drug-likeness (QED) is 0.137. The van der Waals surface area contributed by atoms with Gasteiger partial charge in [-0.15, -0.1) is 0 Å². The van der Waals surface area contributed by atoms with Crippen LogP contribution in [0.25, 0.3) is 5.57 Å². The number of aldehydes is 1. The number of carbonyl (C=O) groups excluding carboxylic acids is 2. The molecule has 2 aliphatic rings. The van der Waals surface area contributed by atoms with E-state index in [-0.39, 0.29) is 24.4 Å². The first-order valence-electron chi connectivity index (χ1n) is 17.7. The number of hydrogen-bond acceptors (Lipinski definition) is 8. The summed E-state index contributed by atoms with van der Waals surface area (Å²) in [6.07, 6.45) is 8.88. The van der Waals surface area contributed by atoms with Crippen molar-refractivity contribution in [3.8, 4) is 0 Å². The van der Waals surface area contributed by atoms with Gasteiger partial charge in [-0.05, 0) is 76.3 Å². The predicted molar refractivity (Wildman–Crippen MR) is 195 cm³/mol. The highest BCUT2D eigenvalue weighted by Gasteiger charge is 2.47. The van der Waals surface area contributed by atoms with Crippen LogP contribution in [0.5, 0.6) is 0 Å². The SMILES string of the molecule is CC.CCC(C)C(=N/C=C(\C)c1ccc(C(=O)NCc2cc([NH+]3C(C=O)CC4CCCCC43)nc(C)n2)cc1)C(C)O.CNCCOC. The standard InChI is InChI=1S/C32H43N5O3.C4H11NO.C2H6/c1-6-20(2)31(22(4)39)33-17-21(3)24-11-13-25(14-12-24)32(40)34-18-27-16-30(36-23(5)35-27)37-28(19-38)15-26-9-7-8-10-29(26)37;1-5-3-4-6-2;1-2/h11-14,16-17,19-20,22,26,28-29,39H,6-10,15,18H2,1-5H3,(H,34,40);5H,3-4H2,1-2H3;1-2H3/p+1/b21-17+,33-31?;;. The molecule has 4 N–H and O–H groups in total. The number of rotatable bonds is 13. The zero-order chi connectivity index (χ0) is 35.6. The number of aliphatic hydroxyl groups is 1. The van der Waals surface area contributed by atoms with Crippen molar-refractivity contribution in [1.82, 2.24) is 20.6 Å². The molecule has 1 aromatic heterocycles. The second kappa shape index (κ2) is 21.6. The fourth-order valence-electron chi connectivity index (χ4n) is 6.47. The van der Waals surface area contributed by atoms with Crippen molar-refractivity contribution >= 4 is 29.3 Å². The molecule has 1 aliphatic heterocycles. The van der Waals surface area contributed by atoms with Gasteiger partial charge in [0.05, 0.1) is 31.0 Å². The normalized spacial score (nSPS) is 21.9. The summed E-state index contributed by atoms with van der Waals surface area (Å²) >= 11 is 0. The predicted octanol–water partition coefficient (Wildman–Crippen LogP) is 4.87. The van der Waals surface area contributed by atoms with Crippen LogP contribution in [0.1, 0.15) is 108 Å². The molecular weight excluding hydrogens is 604 g/mol. The number of methoxy groups -OCH3 is 1. The van der Waals surface area contributed by atoms with Gasteiger partial charge in [-0.2, -0.15) is 4.98 Å². The Morgan fingerprint density at radius 2 is 1.81 bits per heavy atom. The molecule has 2 aromatic rings. The van der Waals surface area contributed by atoms with Crippen LogP contribution in [0.2, 0.25) is 0 Å². The molecule has 48 heavy (non-hydrogen) atoms. The molecule has 10 heteroatoms. The number of nitrogens with zero attached hydrogens (tertiary/aromatic N) is 3.